The lowest BCUT2D eigenvalue weighted by Gasteiger charge is -2.20. The topological polar surface area (TPSA) is 30.7 Å². The van der Waals surface area contributed by atoms with Crippen molar-refractivity contribution in [2.75, 3.05) is 6.26 Å². The summed E-state index contributed by atoms with van der Waals surface area (Å²) in [6.07, 6.45) is 4.13. The van der Waals surface area contributed by atoms with Crippen molar-refractivity contribution in [1.82, 2.24) is 15.0 Å². The molecule has 0 bridgehead atoms. The van der Waals surface area contributed by atoms with Gasteiger partial charge in [-0.25, -0.2) is 4.68 Å². The molecule has 0 fully saturated rings. The Labute approximate surface area is 90.3 Å². The zero-order chi connectivity index (χ0) is 11.0. The molecule has 0 N–H and O–H groups in total. The molecular weight excluding hydrogens is 194 g/mol. The van der Waals surface area contributed by atoms with E-state index in [-0.39, 0.29) is 10.3 Å². The third kappa shape index (κ3) is 2.29. The van der Waals surface area contributed by atoms with Crippen LogP contribution in [0.1, 0.15) is 40.3 Å². The molecule has 3 nitrogen and oxygen atoms in total. The second-order valence-corrected chi connectivity index (χ2v) is 6.36. The molecule has 0 radical (unpaired) electrons. The molecule has 0 amide bonds. The highest BCUT2D eigenvalue weighted by Crippen LogP contribution is 2.32. The van der Waals surface area contributed by atoms with Crippen LogP contribution in [0.3, 0.4) is 0 Å². The highest BCUT2D eigenvalue weighted by molar-refractivity contribution is 7.99. The van der Waals surface area contributed by atoms with E-state index in [9.17, 15) is 0 Å². The molecular formula is C10H19N3S. The second kappa shape index (κ2) is 3.57. The smallest absolute Gasteiger partial charge is 0.0982 e. The summed E-state index contributed by atoms with van der Waals surface area (Å²) >= 11 is 1.79. The van der Waals surface area contributed by atoms with Gasteiger partial charge in [0.05, 0.1) is 22.2 Å². The van der Waals surface area contributed by atoms with Crippen LogP contribution in [0.4, 0.5) is 0 Å². The van der Waals surface area contributed by atoms with Gasteiger partial charge in [-0.2, -0.15) is 11.8 Å². The van der Waals surface area contributed by atoms with E-state index in [0.29, 0.717) is 0 Å². The minimum absolute atomic E-state index is 0.0136. The highest BCUT2D eigenvalue weighted by atomic mass is 32.2. The number of aromatic nitrogens is 3. The Hall–Kier alpha value is -0.510. The Bertz CT molecular complexity index is 309. The zero-order valence-corrected chi connectivity index (χ0v) is 10.6. The van der Waals surface area contributed by atoms with Gasteiger partial charge in [-0.3, -0.25) is 0 Å². The molecule has 0 unspecified atom stereocenters. The molecule has 0 saturated carbocycles. The third-order valence-electron chi connectivity index (χ3n) is 2.31. The van der Waals surface area contributed by atoms with Crippen molar-refractivity contribution in [3.63, 3.8) is 0 Å². The minimum atomic E-state index is 0.0136. The molecule has 1 aromatic heterocycles. The average Bonchev–Trinajstić information content (AvgIpc) is 2.51. The second-order valence-electron chi connectivity index (χ2n) is 4.93. The molecule has 0 aromatic carbocycles. The Morgan fingerprint density at radius 3 is 2.14 bits per heavy atom. The Morgan fingerprint density at radius 2 is 1.79 bits per heavy atom. The van der Waals surface area contributed by atoms with Gasteiger partial charge in [0.2, 0.25) is 0 Å². The maximum atomic E-state index is 4.22. The summed E-state index contributed by atoms with van der Waals surface area (Å²) in [6.45, 7) is 10.7. The monoisotopic (exact) mass is 213 g/mol. The van der Waals surface area contributed by atoms with Crippen LogP contribution in [0.15, 0.2) is 6.20 Å². The lowest BCUT2D eigenvalue weighted by molar-refractivity contribution is 0.347. The number of thioether (sulfide) groups is 1. The van der Waals surface area contributed by atoms with Crippen LogP contribution in [0.5, 0.6) is 0 Å². The van der Waals surface area contributed by atoms with Gasteiger partial charge in [0.15, 0.2) is 0 Å². The van der Waals surface area contributed by atoms with E-state index in [1.807, 2.05) is 10.9 Å². The fraction of sp³-hybridized carbons (Fsp3) is 0.800. The van der Waals surface area contributed by atoms with E-state index in [4.69, 9.17) is 0 Å². The molecule has 1 heterocycles. The van der Waals surface area contributed by atoms with Gasteiger partial charge in [0.1, 0.15) is 0 Å². The van der Waals surface area contributed by atoms with Crippen LogP contribution in [0, 0.1) is 0 Å². The molecule has 0 aliphatic rings. The van der Waals surface area contributed by atoms with Gasteiger partial charge < -0.3 is 0 Å². The summed E-state index contributed by atoms with van der Waals surface area (Å²) in [6, 6.07) is 0. The molecule has 1 aromatic rings. The molecule has 0 aliphatic carbocycles. The van der Waals surface area contributed by atoms with Gasteiger partial charge in [-0.15, -0.1) is 5.10 Å². The fourth-order valence-corrected chi connectivity index (χ4v) is 1.27. The van der Waals surface area contributed by atoms with Crippen molar-refractivity contribution in [1.29, 1.82) is 0 Å². The SMILES string of the molecule is CSC(C)(C)c1cn(C(C)(C)C)nn1. The van der Waals surface area contributed by atoms with Crippen molar-refractivity contribution in [2.24, 2.45) is 0 Å². The van der Waals surface area contributed by atoms with Gasteiger partial charge in [-0.05, 0) is 40.9 Å². The quantitative estimate of drug-likeness (QED) is 0.756. The standard InChI is InChI=1S/C10H19N3S/c1-9(2,3)13-7-8(11-12-13)10(4,5)14-6/h7H,1-6H3. The van der Waals surface area contributed by atoms with Gasteiger partial charge >= 0.3 is 0 Å². The number of rotatable bonds is 2. The Balaban J connectivity index is 3.00. The molecule has 14 heavy (non-hydrogen) atoms. The summed E-state index contributed by atoms with van der Waals surface area (Å²) in [5.41, 5.74) is 1.06. The Morgan fingerprint density at radius 1 is 1.21 bits per heavy atom. The van der Waals surface area contributed by atoms with E-state index in [1.165, 1.54) is 0 Å². The van der Waals surface area contributed by atoms with Crippen molar-refractivity contribution in [3.05, 3.63) is 11.9 Å². The lowest BCUT2D eigenvalue weighted by atomic mass is 10.1. The number of hydrogen-bond acceptors (Lipinski definition) is 3. The number of nitrogens with zero attached hydrogens (tertiary/aromatic N) is 3. The first-order chi connectivity index (χ1) is 6.27. The first kappa shape index (κ1) is 11.6. The van der Waals surface area contributed by atoms with E-state index in [0.717, 1.165) is 5.69 Å². The molecule has 4 heteroatoms. The molecule has 80 valence electrons. The average molecular weight is 213 g/mol. The van der Waals surface area contributed by atoms with Crippen LogP contribution in [-0.4, -0.2) is 21.2 Å². The molecule has 1 rings (SSSR count). The van der Waals surface area contributed by atoms with Gasteiger partial charge in [-0.1, -0.05) is 5.21 Å². The maximum absolute atomic E-state index is 4.22. The Kier molecular flexibility index (Phi) is 2.95. The van der Waals surface area contributed by atoms with E-state index >= 15 is 0 Å². The highest BCUT2D eigenvalue weighted by Gasteiger charge is 2.25. The van der Waals surface area contributed by atoms with Crippen LogP contribution < -0.4 is 0 Å². The summed E-state index contributed by atoms with van der Waals surface area (Å²) in [5.74, 6) is 0. The lowest BCUT2D eigenvalue weighted by Crippen LogP contribution is -2.22. The summed E-state index contributed by atoms with van der Waals surface area (Å²) < 4.78 is 1.96. The van der Waals surface area contributed by atoms with E-state index < -0.39 is 0 Å². The first-order valence-electron chi connectivity index (χ1n) is 4.76. The predicted molar refractivity (Wildman–Crippen MR) is 61.6 cm³/mol. The van der Waals surface area contributed by atoms with Gasteiger partial charge in [0, 0.05) is 0 Å². The van der Waals surface area contributed by atoms with Crippen molar-refractivity contribution < 1.29 is 0 Å². The molecule has 0 atom stereocenters. The first-order valence-corrected chi connectivity index (χ1v) is 5.98. The largest absolute Gasteiger partial charge is 0.247 e. The van der Waals surface area contributed by atoms with Crippen LogP contribution >= 0.6 is 11.8 Å². The predicted octanol–water partition coefficient (Wildman–Crippen LogP) is 2.63. The zero-order valence-electron chi connectivity index (χ0n) is 9.83. The van der Waals surface area contributed by atoms with E-state index in [2.05, 4.69) is 51.2 Å². The van der Waals surface area contributed by atoms with Crippen molar-refractivity contribution in [2.45, 2.75) is 44.9 Å². The summed E-state index contributed by atoms with van der Waals surface area (Å²) in [7, 11) is 0. The number of hydrogen-bond donors (Lipinski definition) is 0. The van der Waals surface area contributed by atoms with Crippen LogP contribution in [0.25, 0.3) is 0 Å². The van der Waals surface area contributed by atoms with Crippen LogP contribution in [-0.2, 0) is 10.3 Å². The third-order valence-corrected chi connectivity index (χ3v) is 3.54. The van der Waals surface area contributed by atoms with Crippen LogP contribution in [0.2, 0.25) is 0 Å². The summed E-state index contributed by atoms with van der Waals surface area (Å²) in [5, 5.41) is 8.37. The minimum Gasteiger partial charge on any atom is -0.247 e. The van der Waals surface area contributed by atoms with Crippen molar-refractivity contribution >= 4 is 11.8 Å². The van der Waals surface area contributed by atoms with Gasteiger partial charge in [0.25, 0.3) is 0 Å². The fourth-order valence-electron chi connectivity index (χ4n) is 0.972. The van der Waals surface area contributed by atoms with E-state index in [1.54, 1.807) is 11.8 Å². The maximum Gasteiger partial charge on any atom is 0.0982 e. The molecule has 0 spiro atoms. The molecule has 0 aliphatic heterocycles. The normalized spacial score (nSPS) is 13.3. The van der Waals surface area contributed by atoms with Crippen molar-refractivity contribution in [3.8, 4) is 0 Å². The summed E-state index contributed by atoms with van der Waals surface area (Å²) in [4.78, 5) is 0. The molecule has 0 saturated heterocycles.